The van der Waals surface area contributed by atoms with Crippen LogP contribution in [-0.2, 0) is 0 Å². The largest absolute Gasteiger partial charge is 0.396 e. The normalized spacial score (nSPS) is 34.7. The van der Waals surface area contributed by atoms with Crippen LogP contribution in [0.25, 0.3) is 0 Å². The summed E-state index contributed by atoms with van der Waals surface area (Å²) in [5.74, 6) is 0.861. The highest BCUT2D eigenvalue weighted by Gasteiger charge is 2.42. The first-order chi connectivity index (χ1) is 6.76. The van der Waals surface area contributed by atoms with Gasteiger partial charge in [0.15, 0.2) is 0 Å². The van der Waals surface area contributed by atoms with E-state index in [1.807, 2.05) is 0 Å². The Morgan fingerprint density at radius 1 is 1.36 bits per heavy atom. The van der Waals surface area contributed by atoms with Gasteiger partial charge in [0.1, 0.15) is 0 Å². The Morgan fingerprint density at radius 2 is 2.14 bits per heavy atom. The summed E-state index contributed by atoms with van der Waals surface area (Å²) in [6.07, 6.45) is 7.79. The van der Waals surface area contributed by atoms with Crippen LogP contribution in [0.3, 0.4) is 0 Å². The van der Waals surface area contributed by atoms with Crippen molar-refractivity contribution in [3.8, 4) is 0 Å². The molecule has 2 aliphatic rings. The van der Waals surface area contributed by atoms with Crippen molar-refractivity contribution in [3.63, 3.8) is 0 Å². The summed E-state index contributed by atoms with van der Waals surface area (Å²) in [7, 11) is 0. The van der Waals surface area contributed by atoms with Crippen LogP contribution in [0.4, 0.5) is 0 Å². The molecule has 2 atom stereocenters. The molecule has 2 saturated carbocycles. The van der Waals surface area contributed by atoms with E-state index in [0.29, 0.717) is 12.0 Å². The Labute approximate surface area is 87.1 Å². The average molecular weight is 197 g/mol. The molecular formula is C12H23NO. The van der Waals surface area contributed by atoms with Crippen molar-refractivity contribution in [2.75, 3.05) is 13.2 Å². The van der Waals surface area contributed by atoms with Gasteiger partial charge in [0.05, 0.1) is 0 Å². The van der Waals surface area contributed by atoms with Crippen molar-refractivity contribution < 1.29 is 5.11 Å². The van der Waals surface area contributed by atoms with Crippen molar-refractivity contribution in [2.45, 2.75) is 51.5 Å². The zero-order valence-electron chi connectivity index (χ0n) is 9.26. The summed E-state index contributed by atoms with van der Waals surface area (Å²) in [6, 6.07) is 0.756. The van der Waals surface area contributed by atoms with Gasteiger partial charge in [-0.15, -0.1) is 0 Å². The average Bonchev–Trinajstić information content (AvgIpc) is 2.81. The lowest BCUT2D eigenvalue weighted by Crippen LogP contribution is -2.36. The highest BCUT2D eigenvalue weighted by atomic mass is 16.3. The van der Waals surface area contributed by atoms with E-state index < -0.39 is 0 Å². The molecule has 0 aromatic rings. The molecule has 0 amide bonds. The quantitative estimate of drug-likeness (QED) is 0.706. The maximum Gasteiger partial charge on any atom is 0.0436 e. The molecule has 2 aliphatic carbocycles. The second kappa shape index (κ2) is 4.19. The third kappa shape index (κ3) is 2.29. The summed E-state index contributed by atoms with van der Waals surface area (Å²) in [5, 5.41) is 12.7. The minimum atomic E-state index is 0.363. The van der Waals surface area contributed by atoms with Crippen molar-refractivity contribution in [1.29, 1.82) is 0 Å². The lowest BCUT2D eigenvalue weighted by atomic mass is 10.0. The number of nitrogens with one attached hydrogen (secondary N) is 1. The lowest BCUT2D eigenvalue weighted by molar-refractivity contribution is 0.239. The molecule has 2 nitrogen and oxygen atoms in total. The molecule has 14 heavy (non-hydrogen) atoms. The molecule has 2 unspecified atom stereocenters. The van der Waals surface area contributed by atoms with Crippen molar-refractivity contribution in [1.82, 2.24) is 5.32 Å². The number of rotatable bonds is 5. The van der Waals surface area contributed by atoms with Gasteiger partial charge in [0.2, 0.25) is 0 Å². The van der Waals surface area contributed by atoms with Crippen LogP contribution >= 0.6 is 0 Å². The molecule has 0 radical (unpaired) electrons. The van der Waals surface area contributed by atoms with E-state index in [1.165, 1.54) is 32.1 Å². The van der Waals surface area contributed by atoms with Crippen LogP contribution in [0.15, 0.2) is 0 Å². The summed E-state index contributed by atoms with van der Waals surface area (Å²) < 4.78 is 0. The highest BCUT2D eigenvalue weighted by Crippen LogP contribution is 2.48. The Balaban J connectivity index is 1.71. The predicted molar refractivity (Wildman–Crippen MR) is 58.2 cm³/mol. The first-order valence-electron chi connectivity index (χ1n) is 6.10. The second-order valence-electron chi connectivity index (χ2n) is 5.37. The van der Waals surface area contributed by atoms with Crippen LogP contribution in [0.5, 0.6) is 0 Å². The van der Waals surface area contributed by atoms with Crippen LogP contribution in [0.2, 0.25) is 0 Å². The van der Waals surface area contributed by atoms with Crippen LogP contribution in [0.1, 0.15) is 45.4 Å². The molecule has 2 N–H and O–H groups in total. The summed E-state index contributed by atoms with van der Waals surface area (Å²) in [5.41, 5.74) is 0.483. The van der Waals surface area contributed by atoms with Crippen molar-refractivity contribution in [2.24, 2.45) is 11.3 Å². The number of aliphatic hydroxyl groups excluding tert-OH is 1. The van der Waals surface area contributed by atoms with Gasteiger partial charge >= 0.3 is 0 Å². The van der Waals surface area contributed by atoms with Crippen LogP contribution in [-0.4, -0.2) is 24.3 Å². The highest BCUT2D eigenvalue weighted by molar-refractivity contribution is 4.96. The number of hydrogen-bond donors (Lipinski definition) is 2. The Morgan fingerprint density at radius 3 is 2.64 bits per heavy atom. The summed E-state index contributed by atoms with van der Waals surface area (Å²) >= 11 is 0. The van der Waals surface area contributed by atoms with E-state index in [4.69, 9.17) is 5.11 Å². The molecule has 0 aliphatic heterocycles. The molecule has 2 fully saturated rings. The fourth-order valence-electron chi connectivity index (χ4n) is 2.73. The van der Waals surface area contributed by atoms with Gasteiger partial charge in [0, 0.05) is 19.2 Å². The van der Waals surface area contributed by atoms with E-state index in [9.17, 15) is 0 Å². The first-order valence-corrected chi connectivity index (χ1v) is 6.10. The Bertz CT molecular complexity index is 189. The number of hydrogen-bond acceptors (Lipinski definition) is 2. The third-order valence-electron chi connectivity index (χ3n) is 4.20. The van der Waals surface area contributed by atoms with Gasteiger partial charge in [-0.1, -0.05) is 13.3 Å². The van der Waals surface area contributed by atoms with E-state index >= 15 is 0 Å². The summed E-state index contributed by atoms with van der Waals surface area (Å²) in [6.45, 7) is 3.86. The Kier molecular flexibility index (Phi) is 3.13. The van der Waals surface area contributed by atoms with Gasteiger partial charge < -0.3 is 10.4 Å². The Hall–Kier alpha value is -0.0800. The topological polar surface area (TPSA) is 32.3 Å². The minimum absolute atomic E-state index is 0.363. The van der Waals surface area contributed by atoms with Crippen molar-refractivity contribution >= 4 is 0 Å². The van der Waals surface area contributed by atoms with E-state index in [-0.39, 0.29) is 0 Å². The monoisotopic (exact) mass is 197 g/mol. The second-order valence-corrected chi connectivity index (χ2v) is 5.37. The lowest BCUT2D eigenvalue weighted by Gasteiger charge is -2.21. The predicted octanol–water partition coefficient (Wildman–Crippen LogP) is 1.93. The third-order valence-corrected chi connectivity index (χ3v) is 4.20. The van der Waals surface area contributed by atoms with Gasteiger partial charge in [-0.2, -0.15) is 0 Å². The standard InChI is InChI=1S/C12H23NO/c1-10-3-2-4-11(10)13-9-12(5-6-12)7-8-14/h10-11,13-14H,2-9H2,1H3. The molecule has 0 aromatic carbocycles. The van der Waals surface area contributed by atoms with Crippen LogP contribution < -0.4 is 5.32 Å². The maximum absolute atomic E-state index is 8.96. The SMILES string of the molecule is CC1CCCC1NCC1(CCO)CC1. The molecule has 82 valence electrons. The van der Waals surface area contributed by atoms with E-state index in [1.54, 1.807) is 0 Å². The van der Waals surface area contributed by atoms with Crippen LogP contribution in [0, 0.1) is 11.3 Å². The fourth-order valence-corrected chi connectivity index (χ4v) is 2.73. The first kappa shape index (κ1) is 10.4. The maximum atomic E-state index is 8.96. The minimum Gasteiger partial charge on any atom is -0.396 e. The van der Waals surface area contributed by atoms with Gasteiger partial charge in [-0.25, -0.2) is 0 Å². The van der Waals surface area contributed by atoms with Gasteiger partial charge in [-0.05, 0) is 43.4 Å². The zero-order chi connectivity index (χ0) is 10.0. The molecule has 0 spiro atoms. The van der Waals surface area contributed by atoms with Gasteiger partial charge in [-0.3, -0.25) is 0 Å². The van der Waals surface area contributed by atoms with Crippen molar-refractivity contribution in [3.05, 3.63) is 0 Å². The molecule has 0 saturated heterocycles. The number of aliphatic hydroxyl groups is 1. The molecule has 0 bridgehead atoms. The molecule has 0 aromatic heterocycles. The van der Waals surface area contributed by atoms with Gasteiger partial charge in [0.25, 0.3) is 0 Å². The van der Waals surface area contributed by atoms with E-state index in [2.05, 4.69) is 12.2 Å². The molecular weight excluding hydrogens is 174 g/mol. The molecule has 2 rings (SSSR count). The smallest absolute Gasteiger partial charge is 0.0436 e. The molecule has 0 heterocycles. The van der Waals surface area contributed by atoms with E-state index in [0.717, 1.165) is 24.9 Å². The summed E-state index contributed by atoms with van der Waals surface area (Å²) in [4.78, 5) is 0. The fraction of sp³-hybridized carbons (Fsp3) is 1.00. The zero-order valence-corrected chi connectivity index (χ0v) is 9.26. The molecule has 2 heteroatoms.